The van der Waals surface area contributed by atoms with Gasteiger partial charge in [-0.3, -0.25) is 14.5 Å². The highest BCUT2D eigenvalue weighted by Crippen LogP contribution is 2.33. The second-order valence-electron chi connectivity index (χ2n) is 5.87. The average Bonchev–Trinajstić information content (AvgIpc) is 2.73. The van der Waals surface area contributed by atoms with Crippen LogP contribution < -0.4 is 4.90 Å². The van der Waals surface area contributed by atoms with E-state index in [4.69, 9.17) is 4.84 Å². The van der Waals surface area contributed by atoms with Crippen LogP contribution >= 0.6 is 0 Å². The number of rotatable bonds is 4. The highest BCUT2D eigenvalue weighted by Gasteiger charge is 2.53. The van der Waals surface area contributed by atoms with Crippen molar-refractivity contribution in [3.05, 3.63) is 66.2 Å². The standard InChI is InChI=1S/C18H18N2O3/c1-18(2)16(21)20(23-13-14-9-5-3-6-10-14)17(22)19(18)15-11-7-4-8-12-15/h3-12H,13H2,1-2H3. The smallest absolute Gasteiger partial charge is 0.277 e. The van der Waals surface area contributed by atoms with E-state index in [0.29, 0.717) is 5.69 Å². The van der Waals surface area contributed by atoms with E-state index in [9.17, 15) is 9.59 Å². The van der Waals surface area contributed by atoms with Gasteiger partial charge in [0.15, 0.2) is 0 Å². The van der Waals surface area contributed by atoms with Crippen molar-refractivity contribution in [2.24, 2.45) is 0 Å². The van der Waals surface area contributed by atoms with E-state index in [1.165, 1.54) is 4.90 Å². The van der Waals surface area contributed by atoms with Crippen molar-refractivity contribution in [1.82, 2.24) is 5.06 Å². The number of nitrogens with zero attached hydrogens (tertiary/aromatic N) is 2. The maximum atomic E-state index is 12.7. The number of hydrogen-bond donors (Lipinski definition) is 0. The highest BCUT2D eigenvalue weighted by atomic mass is 16.7. The molecular weight excluding hydrogens is 292 g/mol. The lowest BCUT2D eigenvalue weighted by Crippen LogP contribution is -2.44. The van der Waals surface area contributed by atoms with Crippen LogP contribution in [0.4, 0.5) is 10.5 Å². The van der Waals surface area contributed by atoms with Crippen molar-refractivity contribution < 1.29 is 14.4 Å². The maximum Gasteiger partial charge on any atom is 0.356 e. The predicted molar refractivity (Wildman–Crippen MR) is 86.5 cm³/mol. The van der Waals surface area contributed by atoms with Gasteiger partial charge in [-0.25, -0.2) is 4.79 Å². The molecule has 0 radical (unpaired) electrons. The predicted octanol–water partition coefficient (Wildman–Crippen LogP) is 3.37. The zero-order chi connectivity index (χ0) is 16.4. The molecular formula is C18H18N2O3. The van der Waals surface area contributed by atoms with Gasteiger partial charge in [-0.15, -0.1) is 5.06 Å². The van der Waals surface area contributed by atoms with Crippen molar-refractivity contribution in [2.75, 3.05) is 4.90 Å². The third-order valence-electron chi connectivity index (χ3n) is 3.85. The number of anilines is 1. The van der Waals surface area contributed by atoms with E-state index in [2.05, 4.69) is 0 Å². The second kappa shape index (κ2) is 5.85. The Balaban J connectivity index is 1.83. The summed E-state index contributed by atoms with van der Waals surface area (Å²) in [5.41, 5.74) is 0.570. The van der Waals surface area contributed by atoms with Crippen LogP contribution in [-0.2, 0) is 16.2 Å². The minimum atomic E-state index is -0.991. The van der Waals surface area contributed by atoms with Gasteiger partial charge in [0.2, 0.25) is 0 Å². The number of amides is 3. The Morgan fingerprint density at radius 1 is 0.913 bits per heavy atom. The minimum absolute atomic E-state index is 0.164. The van der Waals surface area contributed by atoms with Crippen LogP contribution in [0.5, 0.6) is 0 Å². The molecule has 2 aromatic carbocycles. The van der Waals surface area contributed by atoms with Crippen LogP contribution in [-0.4, -0.2) is 22.5 Å². The number of urea groups is 1. The molecule has 23 heavy (non-hydrogen) atoms. The summed E-state index contributed by atoms with van der Waals surface area (Å²) < 4.78 is 0. The molecule has 3 amide bonds. The zero-order valence-corrected chi connectivity index (χ0v) is 13.1. The van der Waals surface area contributed by atoms with Gasteiger partial charge in [-0.05, 0) is 31.5 Å². The van der Waals surface area contributed by atoms with Crippen molar-refractivity contribution in [3.8, 4) is 0 Å². The highest BCUT2D eigenvalue weighted by molar-refractivity contribution is 6.15. The van der Waals surface area contributed by atoms with E-state index in [0.717, 1.165) is 10.6 Å². The summed E-state index contributed by atoms with van der Waals surface area (Å²) in [5.74, 6) is -0.373. The van der Waals surface area contributed by atoms with Gasteiger partial charge < -0.3 is 0 Å². The van der Waals surface area contributed by atoms with E-state index < -0.39 is 11.6 Å². The lowest BCUT2D eigenvalue weighted by atomic mass is 10.0. The molecule has 1 aliphatic rings. The Morgan fingerprint density at radius 3 is 2.09 bits per heavy atom. The largest absolute Gasteiger partial charge is 0.356 e. The van der Waals surface area contributed by atoms with Crippen LogP contribution in [0.2, 0.25) is 0 Å². The number of benzene rings is 2. The molecule has 0 saturated carbocycles. The molecule has 0 N–H and O–H groups in total. The van der Waals surface area contributed by atoms with Gasteiger partial charge in [0, 0.05) is 5.69 Å². The number of hydroxylamine groups is 2. The lowest BCUT2D eigenvalue weighted by molar-refractivity contribution is -0.169. The monoisotopic (exact) mass is 310 g/mol. The molecule has 0 spiro atoms. The van der Waals surface area contributed by atoms with Crippen LogP contribution in [0, 0.1) is 0 Å². The van der Waals surface area contributed by atoms with Gasteiger partial charge in [0.05, 0.1) is 0 Å². The Morgan fingerprint density at radius 2 is 1.48 bits per heavy atom. The first kappa shape index (κ1) is 15.2. The Hall–Kier alpha value is -2.66. The van der Waals surface area contributed by atoms with Crippen molar-refractivity contribution in [1.29, 1.82) is 0 Å². The normalized spacial score (nSPS) is 17.0. The molecule has 1 saturated heterocycles. The summed E-state index contributed by atoms with van der Waals surface area (Å²) in [5, 5.41) is 0.861. The third-order valence-corrected chi connectivity index (χ3v) is 3.85. The first-order valence-corrected chi connectivity index (χ1v) is 7.42. The fraction of sp³-hybridized carbons (Fsp3) is 0.222. The number of para-hydroxylation sites is 1. The van der Waals surface area contributed by atoms with Crippen LogP contribution in [0.1, 0.15) is 19.4 Å². The van der Waals surface area contributed by atoms with E-state index >= 15 is 0 Å². The number of carbonyl (C=O) groups excluding carboxylic acids is 2. The average molecular weight is 310 g/mol. The summed E-state index contributed by atoms with van der Waals surface area (Å²) in [6.07, 6.45) is 0. The van der Waals surface area contributed by atoms with E-state index in [1.54, 1.807) is 26.0 Å². The number of imide groups is 1. The fourth-order valence-corrected chi connectivity index (χ4v) is 2.60. The second-order valence-corrected chi connectivity index (χ2v) is 5.87. The third kappa shape index (κ3) is 2.71. The fourth-order valence-electron chi connectivity index (χ4n) is 2.60. The van der Waals surface area contributed by atoms with E-state index in [-0.39, 0.29) is 12.5 Å². The number of hydrogen-bond acceptors (Lipinski definition) is 3. The summed E-state index contributed by atoms with van der Waals surface area (Å²) in [7, 11) is 0. The van der Waals surface area contributed by atoms with Crippen LogP contribution in [0.25, 0.3) is 0 Å². The van der Waals surface area contributed by atoms with Crippen LogP contribution in [0.15, 0.2) is 60.7 Å². The molecule has 3 rings (SSSR count). The molecule has 0 bridgehead atoms. The molecule has 1 fully saturated rings. The molecule has 1 aliphatic heterocycles. The minimum Gasteiger partial charge on any atom is -0.277 e. The first-order valence-electron chi connectivity index (χ1n) is 7.42. The van der Waals surface area contributed by atoms with Gasteiger partial charge in [-0.2, -0.15) is 0 Å². The molecule has 5 nitrogen and oxygen atoms in total. The first-order chi connectivity index (χ1) is 11.0. The quantitative estimate of drug-likeness (QED) is 0.814. The molecule has 5 heteroatoms. The summed E-state index contributed by atoms with van der Waals surface area (Å²) in [6, 6.07) is 18.1. The van der Waals surface area contributed by atoms with Gasteiger partial charge in [0.25, 0.3) is 5.91 Å². The lowest BCUT2D eigenvalue weighted by Gasteiger charge is -2.27. The summed E-state index contributed by atoms with van der Waals surface area (Å²) >= 11 is 0. The Labute approximate surface area is 135 Å². The molecule has 2 aromatic rings. The Kier molecular flexibility index (Phi) is 3.88. The SMILES string of the molecule is CC1(C)C(=O)N(OCc2ccccc2)C(=O)N1c1ccccc1. The molecule has 0 aliphatic carbocycles. The van der Waals surface area contributed by atoms with Crippen molar-refractivity contribution in [3.63, 3.8) is 0 Å². The molecule has 118 valence electrons. The van der Waals surface area contributed by atoms with Gasteiger partial charge in [-0.1, -0.05) is 48.5 Å². The summed E-state index contributed by atoms with van der Waals surface area (Å²) in [6.45, 7) is 3.59. The van der Waals surface area contributed by atoms with Crippen molar-refractivity contribution in [2.45, 2.75) is 26.0 Å². The maximum absolute atomic E-state index is 12.7. The number of carbonyl (C=O) groups is 2. The zero-order valence-electron chi connectivity index (χ0n) is 13.1. The van der Waals surface area contributed by atoms with Crippen molar-refractivity contribution >= 4 is 17.6 Å². The van der Waals surface area contributed by atoms with Crippen LogP contribution in [0.3, 0.4) is 0 Å². The molecule has 0 aromatic heterocycles. The topological polar surface area (TPSA) is 49.9 Å². The summed E-state index contributed by atoms with van der Waals surface area (Å²) in [4.78, 5) is 32.2. The van der Waals surface area contributed by atoms with Gasteiger partial charge >= 0.3 is 6.03 Å². The van der Waals surface area contributed by atoms with Gasteiger partial charge in [0.1, 0.15) is 12.1 Å². The molecule has 0 atom stereocenters. The van der Waals surface area contributed by atoms with E-state index in [1.807, 2.05) is 48.5 Å². The Bertz CT molecular complexity index is 714. The molecule has 1 heterocycles. The molecule has 0 unspecified atom stereocenters.